The third kappa shape index (κ3) is 5.16. The summed E-state index contributed by atoms with van der Waals surface area (Å²) in [5, 5.41) is 0. The van der Waals surface area contributed by atoms with E-state index in [0.29, 0.717) is 31.3 Å². The Bertz CT molecular complexity index is 833. The molecule has 4 rings (SSSR count). The molecule has 1 saturated heterocycles. The minimum Gasteiger partial charge on any atom is -0.369 e. The van der Waals surface area contributed by atoms with E-state index in [1.807, 2.05) is 35.2 Å². The summed E-state index contributed by atoms with van der Waals surface area (Å²) >= 11 is 0. The van der Waals surface area contributed by atoms with E-state index < -0.39 is 5.54 Å². The number of hydrogen-bond acceptors (Lipinski definition) is 4. The summed E-state index contributed by atoms with van der Waals surface area (Å²) in [5.74, 6) is 1.54. The van der Waals surface area contributed by atoms with Crippen molar-refractivity contribution in [2.24, 2.45) is 22.6 Å². The fourth-order valence-corrected chi connectivity index (χ4v) is 5.89. The molecule has 0 bridgehead atoms. The predicted molar refractivity (Wildman–Crippen MR) is 127 cm³/mol. The molecule has 6 heteroatoms. The van der Waals surface area contributed by atoms with Gasteiger partial charge in [0.15, 0.2) is 5.96 Å². The van der Waals surface area contributed by atoms with Crippen molar-refractivity contribution >= 4 is 17.8 Å². The number of aliphatic imine (C=N–C) groups is 1. The lowest BCUT2D eigenvalue weighted by Gasteiger charge is -2.37. The molecule has 6 nitrogen and oxygen atoms in total. The highest BCUT2D eigenvalue weighted by Gasteiger charge is 2.48. The molecule has 2 amide bonds. The van der Waals surface area contributed by atoms with Crippen LogP contribution in [0.5, 0.6) is 0 Å². The molecule has 0 aromatic heterocycles. The van der Waals surface area contributed by atoms with E-state index in [9.17, 15) is 9.59 Å². The lowest BCUT2D eigenvalue weighted by Crippen LogP contribution is -2.47. The van der Waals surface area contributed by atoms with Crippen molar-refractivity contribution in [2.45, 2.75) is 76.2 Å². The number of likely N-dealkylation sites (N-methyl/N-ethyl adjacent to an activating group) is 1. The zero-order valence-electron chi connectivity index (χ0n) is 19.5. The van der Waals surface area contributed by atoms with Gasteiger partial charge in [-0.1, -0.05) is 62.4 Å². The number of nitrogens with two attached hydrogens (primary N) is 1. The standard InChI is InChI=1S/C26H38N4O2/c1-29-24(32)26(28-25(29)27,15-14-20-9-4-2-5-10-20)18-22-13-8-16-30(19-22)23(31)17-21-11-6-3-7-12-21/h3,6-7,11-12,20,22H,2,4-5,8-10,13-19H2,1H3,(H2,27,28)/t22?,26-/m0/s1. The maximum Gasteiger partial charge on any atom is 0.257 e. The third-order valence-electron chi connectivity index (χ3n) is 7.76. The SMILES string of the molecule is CN1C(=O)[C@](CCC2CCCCC2)(CC2CCCN(C(=O)Cc3ccccc3)C2)N=C1N. The molecule has 2 fully saturated rings. The number of benzene rings is 1. The number of guanidine groups is 1. The molecule has 2 atom stereocenters. The van der Waals surface area contributed by atoms with Crippen molar-refractivity contribution in [2.75, 3.05) is 20.1 Å². The van der Waals surface area contributed by atoms with Crippen molar-refractivity contribution in [1.82, 2.24) is 9.80 Å². The Morgan fingerprint density at radius 2 is 1.81 bits per heavy atom. The Labute approximate surface area is 192 Å². The average molecular weight is 439 g/mol. The molecule has 1 aromatic rings. The Balaban J connectivity index is 1.42. The number of nitrogens with zero attached hydrogens (tertiary/aromatic N) is 3. The number of hydrogen-bond donors (Lipinski definition) is 1. The molecule has 1 aromatic carbocycles. The van der Waals surface area contributed by atoms with Gasteiger partial charge in [0, 0.05) is 20.1 Å². The first-order valence-electron chi connectivity index (χ1n) is 12.4. The minimum absolute atomic E-state index is 0.0403. The molecular weight excluding hydrogens is 400 g/mol. The predicted octanol–water partition coefficient (Wildman–Crippen LogP) is 3.74. The summed E-state index contributed by atoms with van der Waals surface area (Å²) in [6, 6.07) is 9.93. The average Bonchev–Trinajstić information content (AvgIpc) is 3.03. The number of piperidine rings is 1. The van der Waals surface area contributed by atoms with Crippen molar-refractivity contribution in [1.29, 1.82) is 0 Å². The normalized spacial score (nSPS) is 27.0. The van der Waals surface area contributed by atoms with Gasteiger partial charge < -0.3 is 10.6 Å². The quantitative estimate of drug-likeness (QED) is 0.704. The second-order valence-electron chi connectivity index (χ2n) is 10.1. The zero-order chi connectivity index (χ0) is 22.6. The Morgan fingerprint density at radius 1 is 1.09 bits per heavy atom. The van der Waals surface area contributed by atoms with Crippen molar-refractivity contribution < 1.29 is 9.59 Å². The van der Waals surface area contributed by atoms with Gasteiger partial charge in [-0.3, -0.25) is 14.5 Å². The summed E-state index contributed by atoms with van der Waals surface area (Å²) in [6.07, 6.45) is 11.4. The maximum absolute atomic E-state index is 13.3. The molecule has 174 valence electrons. The van der Waals surface area contributed by atoms with Gasteiger partial charge in [0.1, 0.15) is 5.54 Å². The summed E-state index contributed by atoms with van der Waals surface area (Å²) in [5.41, 5.74) is 6.42. The lowest BCUT2D eigenvalue weighted by atomic mass is 9.77. The van der Waals surface area contributed by atoms with Crippen LogP contribution in [0.4, 0.5) is 0 Å². The van der Waals surface area contributed by atoms with Gasteiger partial charge in [0.2, 0.25) is 5.91 Å². The van der Waals surface area contributed by atoms with Crippen LogP contribution in [0, 0.1) is 11.8 Å². The molecule has 2 N–H and O–H groups in total. The fraction of sp³-hybridized carbons (Fsp3) is 0.654. The van der Waals surface area contributed by atoms with Crippen LogP contribution >= 0.6 is 0 Å². The fourth-order valence-electron chi connectivity index (χ4n) is 5.89. The first-order chi connectivity index (χ1) is 15.5. The maximum atomic E-state index is 13.3. The Kier molecular flexibility index (Phi) is 7.17. The Hall–Kier alpha value is -2.37. The minimum atomic E-state index is -0.744. The van der Waals surface area contributed by atoms with Crippen LogP contribution in [0.2, 0.25) is 0 Å². The zero-order valence-corrected chi connectivity index (χ0v) is 19.5. The van der Waals surface area contributed by atoms with E-state index in [-0.39, 0.29) is 17.7 Å². The number of amides is 2. The van der Waals surface area contributed by atoms with Gasteiger partial charge in [-0.05, 0) is 49.5 Å². The molecular formula is C26H38N4O2. The summed E-state index contributed by atoms with van der Waals surface area (Å²) in [4.78, 5) is 34.5. The van der Waals surface area contributed by atoms with Crippen LogP contribution in [0.25, 0.3) is 0 Å². The van der Waals surface area contributed by atoms with Gasteiger partial charge in [0.25, 0.3) is 5.91 Å². The number of rotatable bonds is 7. The molecule has 2 aliphatic heterocycles. The monoisotopic (exact) mass is 438 g/mol. The van der Waals surface area contributed by atoms with Crippen molar-refractivity contribution in [3.8, 4) is 0 Å². The highest BCUT2D eigenvalue weighted by molar-refractivity contribution is 6.06. The molecule has 3 aliphatic rings. The molecule has 1 unspecified atom stereocenters. The van der Waals surface area contributed by atoms with Crippen LogP contribution in [0.1, 0.15) is 69.8 Å². The van der Waals surface area contributed by atoms with Gasteiger partial charge in [0.05, 0.1) is 6.42 Å². The summed E-state index contributed by atoms with van der Waals surface area (Å²) in [6.45, 7) is 1.51. The van der Waals surface area contributed by atoms with Crippen LogP contribution in [-0.2, 0) is 16.0 Å². The number of carbonyl (C=O) groups is 2. The van der Waals surface area contributed by atoms with Crippen LogP contribution in [-0.4, -0.2) is 53.2 Å². The second kappa shape index (κ2) is 10.1. The number of carbonyl (C=O) groups excluding carboxylic acids is 2. The van der Waals surface area contributed by atoms with Gasteiger partial charge in [-0.2, -0.15) is 0 Å². The van der Waals surface area contributed by atoms with Crippen LogP contribution in [0.15, 0.2) is 35.3 Å². The smallest absolute Gasteiger partial charge is 0.257 e. The molecule has 1 aliphatic carbocycles. The van der Waals surface area contributed by atoms with E-state index >= 15 is 0 Å². The summed E-state index contributed by atoms with van der Waals surface area (Å²) in [7, 11) is 1.74. The molecule has 1 saturated carbocycles. The van der Waals surface area contributed by atoms with Crippen molar-refractivity contribution in [3.63, 3.8) is 0 Å². The second-order valence-corrected chi connectivity index (χ2v) is 10.1. The van der Waals surface area contributed by atoms with Crippen LogP contribution in [0.3, 0.4) is 0 Å². The van der Waals surface area contributed by atoms with Gasteiger partial charge in [-0.25, -0.2) is 4.99 Å². The number of likely N-dealkylation sites (tertiary alicyclic amines) is 1. The van der Waals surface area contributed by atoms with Crippen LogP contribution < -0.4 is 5.73 Å². The largest absolute Gasteiger partial charge is 0.369 e. The summed E-state index contributed by atoms with van der Waals surface area (Å²) < 4.78 is 0. The van der Waals surface area contributed by atoms with Crippen molar-refractivity contribution in [3.05, 3.63) is 35.9 Å². The van der Waals surface area contributed by atoms with Gasteiger partial charge >= 0.3 is 0 Å². The van der Waals surface area contributed by atoms with E-state index in [2.05, 4.69) is 0 Å². The lowest BCUT2D eigenvalue weighted by molar-refractivity contribution is -0.133. The molecule has 0 radical (unpaired) electrons. The van der Waals surface area contributed by atoms with Gasteiger partial charge in [-0.15, -0.1) is 0 Å². The first-order valence-corrected chi connectivity index (χ1v) is 12.4. The Morgan fingerprint density at radius 3 is 2.50 bits per heavy atom. The molecule has 0 spiro atoms. The molecule has 32 heavy (non-hydrogen) atoms. The van der Waals surface area contributed by atoms with E-state index in [1.165, 1.54) is 37.0 Å². The highest BCUT2D eigenvalue weighted by atomic mass is 16.2. The topological polar surface area (TPSA) is 79.0 Å². The highest BCUT2D eigenvalue weighted by Crippen LogP contribution is 2.39. The van der Waals surface area contributed by atoms with E-state index in [4.69, 9.17) is 10.7 Å². The van der Waals surface area contributed by atoms with E-state index in [0.717, 1.165) is 37.8 Å². The third-order valence-corrected chi connectivity index (χ3v) is 7.76. The van der Waals surface area contributed by atoms with E-state index in [1.54, 1.807) is 7.05 Å². The first kappa shape index (κ1) is 22.8. The molecule has 2 heterocycles.